The molecule has 0 amide bonds. The Kier molecular flexibility index (Phi) is 4.66. The SMILES string of the molecule is CCNC(c1cc(C)c(Br)c(C)c1)c1cnccn1. The van der Waals surface area contributed by atoms with Crippen LogP contribution in [0.2, 0.25) is 0 Å². The molecule has 100 valence electrons. The minimum Gasteiger partial charge on any atom is -0.305 e. The molecule has 1 N–H and O–H groups in total. The molecule has 19 heavy (non-hydrogen) atoms. The van der Waals surface area contributed by atoms with Crippen molar-refractivity contribution in [1.29, 1.82) is 0 Å². The fourth-order valence-electron chi connectivity index (χ4n) is 2.20. The molecule has 0 bridgehead atoms. The van der Waals surface area contributed by atoms with Gasteiger partial charge in [0.05, 0.1) is 17.9 Å². The van der Waals surface area contributed by atoms with Crippen molar-refractivity contribution in [3.63, 3.8) is 0 Å². The Hall–Kier alpha value is -1.26. The Morgan fingerprint density at radius 2 is 1.89 bits per heavy atom. The van der Waals surface area contributed by atoms with Crippen LogP contribution >= 0.6 is 15.9 Å². The van der Waals surface area contributed by atoms with Crippen LogP contribution in [0.25, 0.3) is 0 Å². The Balaban J connectivity index is 2.45. The van der Waals surface area contributed by atoms with Crippen LogP contribution in [0, 0.1) is 13.8 Å². The van der Waals surface area contributed by atoms with Crippen LogP contribution in [-0.4, -0.2) is 16.5 Å². The first-order chi connectivity index (χ1) is 9.13. The van der Waals surface area contributed by atoms with Gasteiger partial charge in [0.2, 0.25) is 0 Å². The van der Waals surface area contributed by atoms with Crippen molar-refractivity contribution in [3.8, 4) is 0 Å². The van der Waals surface area contributed by atoms with E-state index in [0.29, 0.717) is 0 Å². The van der Waals surface area contributed by atoms with Crippen LogP contribution in [-0.2, 0) is 0 Å². The van der Waals surface area contributed by atoms with Gasteiger partial charge in [0, 0.05) is 16.9 Å². The Morgan fingerprint density at radius 1 is 1.21 bits per heavy atom. The summed E-state index contributed by atoms with van der Waals surface area (Å²) in [7, 11) is 0. The van der Waals surface area contributed by atoms with E-state index in [2.05, 4.69) is 64.1 Å². The summed E-state index contributed by atoms with van der Waals surface area (Å²) in [4.78, 5) is 8.58. The fourth-order valence-corrected chi connectivity index (χ4v) is 2.43. The quantitative estimate of drug-likeness (QED) is 0.936. The van der Waals surface area contributed by atoms with Crippen molar-refractivity contribution in [2.75, 3.05) is 6.54 Å². The lowest BCUT2D eigenvalue weighted by atomic mass is 9.99. The molecule has 0 fully saturated rings. The predicted molar refractivity (Wildman–Crippen MR) is 81.2 cm³/mol. The van der Waals surface area contributed by atoms with Gasteiger partial charge >= 0.3 is 0 Å². The number of benzene rings is 1. The van der Waals surface area contributed by atoms with E-state index in [1.807, 2.05) is 6.20 Å². The largest absolute Gasteiger partial charge is 0.305 e. The maximum Gasteiger partial charge on any atom is 0.0801 e. The highest BCUT2D eigenvalue weighted by molar-refractivity contribution is 9.10. The lowest BCUT2D eigenvalue weighted by molar-refractivity contribution is 0.612. The van der Waals surface area contributed by atoms with Crippen LogP contribution in [0.5, 0.6) is 0 Å². The topological polar surface area (TPSA) is 37.8 Å². The molecule has 4 heteroatoms. The Bertz CT molecular complexity index is 532. The first-order valence-electron chi connectivity index (χ1n) is 6.39. The van der Waals surface area contributed by atoms with E-state index in [9.17, 15) is 0 Å². The average molecular weight is 320 g/mol. The van der Waals surface area contributed by atoms with E-state index < -0.39 is 0 Å². The van der Waals surface area contributed by atoms with E-state index in [1.165, 1.54) is 21.2 Å². The number of aromatic nitrogens is 2. The van der Waals surface area contributed by atoms with E-state index >= 15 is 0 Å². The van der Waals surface area contributed by atoms with Crippen molar-refractivity contribution < 1.29 is 0 Å². The summed E-state index contributed by atoms with van der Waals surface area (Å²) in [6, 6.07) is 4.47. The molecule has 2 rings (SSSR count). The lowest BCUT2D eigenvalue weighted by Crippen LogP contribution is -2.23. The standard InChI is InChI=1S/C15H18BrN3/c1-4-18-15(13-9-17-5-6-19-13)12-7-10(2)14(16)11(3)8-12/h5-9,15,18H,4H2,1-3H3. The average Bonchev–Trinajstić information content (AvgIpc) is 2.42. The Labute approximate surface area is 122 Å². The molecule has 0 saturated carbocycles. The zero-order valence-electron chi connectivity index (χ0n) is 11.4. The second-order valence-electron chi connectivity index (χ2n) is 4.59. The van der Waals surface area contributed by atoms with E-state index in [-0.39, 0.29) is 6.04 Å². The van der Waals surface area contributed by atoms with Gasteiger partial charge in [0.1, 0.15) is 0 Å². The molecule has 1 aromatic carbocycles. The first-order valence-corrected chi connectivity index (χ1v) is 7.18. The van der Waals surface area contributed by atoms with E-state index in [0.717, 1.165) is 12.2 Å². The number of aryl methyl sites for hydroxylation is 2. The van der Waals surface area contributed by atoms with Crippen molar-refractivity contribution in [2.45, 2.75) is 26.8 Å². The van der Waals surface area contributed by atoms with Crippen molar-refractivity contribution in [1.82, 2.24) is 15.3 Å². The highest BCUT2D eigenvalue weighted by atomic mass is 79.9. The molecule has 0 saturated heterocycles. The molecule has 1 heterocycles. The Morgan fingerprint density at radius 3 is 2.42 bits per heavy atom. The highest BCUT2D eigenvalue weighted by Crippen LogP contribution is 2.27. The number of hydrogen-bond donors (Lipinski definition) is 1. The molecule has 0 spiro atoms. The van der Waals surface area contributed by atoms with Gasteiger partial charge < -0.3 is 5.32 Å². The second kappa shape index (κ2) is 6.26. The van der Waals surface area contributed by atoms with Gasteiger partial charge in [-0.3, -0.25) is 9.97 Å². The minimum absolute atomic E-state index is 0.0872. The molecule has 2 aromatic rings. The van der Waals surface area contributed by atoms with Crippen molar-refractivity contribution in [3.05, 3.63) is 57.6 Å². The van der Waals surface area contributed by atoms with Gasteiger partial charge in [-0.05, 0) is 37.1 Å². The number of rotatable bonds is 4. The van der Waals surface area contributed by atoms with Gasteiger partial charge in [-0.2, -0.15) is 0 Å². The maximum absolute atomic E-state index is 4.42. The monoisotopic (exact) mass is 319 g/mol. The fraction of sp³-hybridized carbons (Fsp3) is 0.333. The number of halogens is 1. The van der Waals surface area contributed by atoms with Crippen LogP contribution in [0.3, 0.4) is 0 Å². The summed E-state index contributed by atoms with van der Waals surface area (Å²) < 4.78 is 1.17. The molecule has 0 radical (unpaired) electrons. The van der Waals surface area contributed by atoms with Crippen molar-refractivity contribution in [2.24, 2.45) is 0 Å². The molecule has 3 nitrogen and oxygen atoms in total. The van der Waals surface area contributed by atoms with Crippen LogP contribution in [0.15, 0.2) is 35.2 Å². The maximum atomic E-state index is 4.42. The number of hydrogen-bond acceptors (Lipinski definition) is 3. The van der Waals surface area contributed by atoms with Crippen LogP contribution in [0.1, 0.15) is 35.3 Å². The van der Waals surface area contributed by atoms with Crippen LogP contribution in [0.4, 0.5) is 0 Å². The van der Waals surface area contributed by atoms with Gasteiger partial charge in [-0.15, -0.1) is 0 Å². The van der Waals surface area contributed by atoms with Crippen molar-refractivity contribution >= 4 is 15.9 Å². The van der Waals surface area contributed by atoms with Gasteiger partial charge in [0.25, 0.3) is 0 Å². The summed E-state index contributed by atoms with van der Waals surface area (Å²) >= 11 is 3.61. The molecule has 1 aromatic heterocycles. The van der Waals surface area contributed by atoms with E-state index in [1.54, 1.807) is 12.4 Å². The highest BCUT2D eigenvalue weighted by Gasteiger charge is 2.16. The zero-order valence-corrected chi connectivity index (χ0v) is 13.0. The first kappa shape index (κ1) is 14.2. The normalized spacial score (nSPS) is 12.4. The van der Waals surface area contributed by atoms with E-state index in [4.69, 9.17) is 0 Å². The second-order valence-corrected chi connectivity index (χ2v) is 5.38. The lowest BCUT2D eigenvalue weighted by Gasteiger charge is -2.19. The van der Waals surface area contributed by atoms with Gasteiger partial charge in [-0.1, -0.05) is 35.0 Å². The summed E-state index contributed by atoms with van der Waals surface area (Å²) in [5, 5.41) is 3.47. The molecule has 0 aliphatic rings. The summed E-state index contributed by atoms with van der Waals surface area (Å²) in [5.41, 5.74) is 4.65. The third-order valence-corrected chi connectivity index (χ3v) is 4.33. The van der Waals surface area contributed by atoms with Gasteiger partial charge in [0.15, 0.2) is 0 Å². The molecular weight excluding hydrogens is 302 g/mol. The smallest absolute Gasteiger partial charge is 0.0801 e. The predicted octanol–water partition coefficient (Wildman–Crippen LogP) is 3.55. The summed E-state index contributed by atoms with van der Waals surface area (Å²) in [6.07, 6.45) is 5.25. The summed E-state index contributed by atoms with van der Waals surface area (Å²) in [6.45, 7) is 7.21. The molecular formula is C15H18BrN3. The number of nitrogens with zero attached hydrogens (tertiary/aromatic N) is 2. The molecule has 1 unspecified atom stereocenters. The third kappa shape index (κ3) is 3.19. The molecule has 0 aliphatic heterocycles. The zero-order chi connectivity index (χ0) is 13.8. The number of nitrogens with one attached hydrogen (secondary N) is 1. The van der Waals surface area contributed by atoms with Crippen LogP contribution < -0.4 is 5.32 Å². The minimum atomic E-state index is 0.0872. The summed E-state index contributed by atoms with van der Waals surface area (Å²) in [5.74, 6) is 0. The van der Waals surface area contributed by atoms with Gasteiger partial charge in [-0.25, -0.2) is 0 Å². The molecule has 0 aliphatic carbocycles. The molecule has 1 atom stereocenters. The third-order valence-electron chi connectivity index (χ3n) is 3.08.